The van der Waals surface area contributed by atoms with Gasteiger partial charge in [-0.2, -0.15) is 0 Å². The summed E-state index contributed by atoms with van der Waals surface area (Å²) < 4.78 is 15.0. The summed E-state index contributed by atoms with van der Waals surface area (Å²) >= 11 is 0. The van der Waals surface area contributed by atoms with Gasteiger partial charge < -0.3 is 19.0 Å². The lowest BCUT2D eigenvalue weighted by Crippen LogP contribution is -2.15. The van der Waals surface area contributed by atoms with Crippen LogP contribution in [0.4, 0.5) is 0 Å². The second kappa shape index (κ2) is 6.48. The van der Waals surface area contributed by atoms with E-state index in [2.05, 4.69) is 0 Å². The number of fused-ring (bicyclic) bond motifs is 1. The quantitative estimate of drug-likeness (QED) is 0.444. The average Bonchev–Trinajstić information content (AvgIpc) is 2.59. The zero-order valence-electron chi connectivity index (χ0n) is 13.0. The summed E-state index contributed by atoms with van der Waals surface area (Å²) in [5, 5.41) is 10.4. The summed E-state index contributed by atoms with van der Waals surface area (Å²) in [6.45, 7) is 1.19. The number of carbonyl (C=O) groups is 2. The number of hydrogen-bond acceptors (Lipinski definition) is 7. The third-order valence-electron chi connectivity index (χ3n) is 3.29. The van der Waals surface area contributed by atoms with E-state index in [0.717, 1.165) is 0 Å². The molecule has 0 fully saturated rings. The highest BCUT2D eigenvalue weighted by Crippen LogP contribution is 2.36. The van der Waals surface area contributed by atoms with E-state index in [1.165, 1.54) is 37.3 Å². The lowest BCUT2D eigenvalue weighted by molar-refractivity contribution is -0.131. The molecule has 0 spiro atoms. The zero-order chi connectivity index (χ0) is 18.0. The van der Waals surface area contributed by atoms with Crippen LogP contribution in [0.25, 0.3) is 11.0 Å². The molecule has 0 amide bonds. The number of aromatic hydroxyl groups is 1. The van der Waals surface area contributed by atoms with Crippen molar-refractivity contribution in [2.75, 3.05) is 0 Å². The Morgan fingerprint density at radius 2 is 1.72 bits per heavy atom. The van der Waals surface area contributed by atoms with E-state index >= 15 is 0 Å². The Bertz CT molecular complexity index is 1020. The summed E-state index contributed by atoms with van der Waals surface area (Å²) in [5.41, 5.74) is -0.997. The minimum absolute atomic E-state index is 0.0293. The van der Waals surface area contributed by atoms with Gasteiger partial charge in [-0.1, -0.05) is 24.3 Å². The van der Waals surface area contributed by atoms with Gasteiger partial charge in [-0.25, -0.2) is 9.59 Å². The first-order valence-corrected chi connectivity index (χ1v) is 7.22. The summed E-state index contributed by atoms with van der Waals surface area (Å²) in [6.07, 6.45) is 0. The molecule has 0 radical (unpaired) electrons. The Morgan fingerprint density at radius 1 is 1.00 bits per heavy atom. The SMILES string of the molecule is CC(=O)Oc1cccc2c(O)c(OC(=O)c3ccccc3)c(=O)oc12. The van der Waals surface area contributed by atoms with E-state index in [9.17, 15) is 19.5 Å². The van der Waals surface area contributed by atoms with Crippen molar-refractivity contribution in [2.45, 2.75) is 6.92 Å². The van der Waals surface area contributed by atoms with Crippen LogP contribution < -0.4 is 15.1 Å². The molecule has 1 N–H and O–H groups in total. The van der Waals surface area contributed by atoms with Gasteiger partial charge in [0.2, 0.25) is 0 Å². The van der Waals surface area contributed by atoms with Crippen molar-refractivity contribution in [1.82, 2.24) is 0 Å². The van der Waals surface area contributed by atoms with Crippen molar-refractivity contribution < 1.29 is 28.6 Å². The number of para-hydroxylation sites is 1. The van der Waals surface area contributed by atoms with Crippen LogP contribution in [0.2, 0.25) is 0 Å². The van der Waals surface area contributed by atoms with Crippen molar-refractivity contribution in [3.8, 4) is 17.2 Å². The Kier molecular flexibility index (Phi) is 4.21. The fraction of sp³-hybridized carbons (Fsp3) is 0.0556. The Balaban J connectivity index is 2.07. The van der Waals surface area contributed by atoms with Gasteiger partial charge in [0.1, 0.15) is 0 Å². The molecule has 7 nitrogen and oxygen atoms in total. The van der Waals surface area contributed by atoms with E-state index < -0.39 is 29.1 Å². The standard InChI is InChI=1S/C18H12O7/c1-10(19)23-13-9-5-8-12-14(20)16(18(22)24-15(12)13)25-17(21)11-6-3-2-4-7-11/h2-9,20H,1H3. The molecule has 7 heteroatoms. The number of rotatable bonds is 3. The summed E-state index contributed by atoms with van der Waals surface area (Å²) in [6, 6.07) is 12.3. The maximum Gasteiger partial charge on any atom is 0.383 e. The van der Waals surface area contributed by atoms with Crippen LogP contribution in [0.5, 0.6) is 17.2 Å². The van der Waals surface area contributed by atoms with Gasteiger partial charge in [0.05, 0.1) is 10.9 Å². The molecule has 1 heterocycles. The van der Waals surface area contributed by atoms with Crippen molar-refractivity contribution in [3.63, 3.8) is 0 Å². The van der Waals surface area contributed by atoms with Gasteiger partial charge in [-0.15, -0.1) is 0 Å². The third kappa shape index (κ3) is 3.20. The largest absolute Gasteiger partial charge is 0.504 e. The number of ether oxygens (including phenoxy) is 2. The Hall–Kier alpha value is -3.61. The van der Waals surface area contributed by atoms with E-state index in [1.54, 1.807) is 18.2 Å². The second-order valence-corrected chi connectivity index (χ2v) is 5.05. The van der Waals surface area contributed by atoms with E-state index in [-0.39, 0.29) is 22.3 Å². The molecule has 0 unspecified atom stereocenters. The highest BCUT2D eigenvalue weighted by molar-refractivity contribution is 5.94. The van der Waals surface area contributed by atoms with Gasteiger partial charge in [0, 0.05) is 6.92 Å². The molecule has 2 aromatic carbocycles. The van der Waals surface area contributed by atoms with E-state index in [0.29, 0.717) is 0 Å². The lowest BCUT2D eigenvalue weighted by atomic mass is 10.2. The van der Waals surface area contributed by atoms with Crippen LogP contribution in [0.15, 0.2) is 57.7 Å². The zero-order valence-corrected chi connectivity index (χ0v) is 13.0. The topological polar surface area (TPSA) is 103 Å². The maximum atomic E-state index is 12.1. The van der Waals surface area contributed by atoms with Crippen molar-refractivity contribution >= 4 is 22.9 Å². The molecule has 126 valence electrons. The third-order valence-corrected chi connectivity index (χ3v) is 3.29. The molecule has 0 aliphatic heterocycles. The van der Waals surface area contributed by atoms with Crippen LogP contribution in [-0.2, 0) is 4.79 Å². The number of benzene rings is 2. The van der Waals surface area contributed by atoms with Crippen molar-refractivity contribution in [1.29, 1.82) is 0 Å². The molecule has 0 saturated carbocycles. The number of esters is 2. The van der Waals surface area contributed by atoms with Gasteiger partial charge in [-0.3, -0.25) is 4.79 Å². The second-order valence-electron chi connectivity index (χ2n) is 5.05. The van der Waals surface area contributed by atoms with Crippen LogP contribution in [0.3, 0.4) is 0 Å². The van der Waals surface area contributed by atoms with Crippen LogP contribution >= 0.6 is 0 Å². The first-order chi connectivity index (χ1) is 12.0. The van der Waals surface area contributed by atoms with Gasteiger partial charge in [-0.05, 0) is 24.3 Å². The minimum Gasteiger partial charge on any atom is -0.504 e. The normalized spacial score (nSPS) is 10.4. The van der Waals surface area contributed by atoms with Crippen LogP contribution in [0, 0.1) is 0 Å². The highest BCUT2D eigenvalue weighted by Gasteiger charge is 2.21. The van der Waals surface area contributed by atoms with Crippen LogP contribution in [-0.4, -0.2) is 17.0 Å². The number of carbonyl (C=O) groups excluding carboxylic acids is 2. The molecule has 1 aromatic heterocycles. The van der Waals surface area contributed by atoms with Crippen molar-refractivity contribution in [3.05, 3.63) is 64.5 Å². The summed E-state index contributed by atoms with van der Waals surface area (Å²) in [4.78, 5) is 35.3. The lowest BCUT2D eigenvalue weighted by Gasteiger charge is -2.09. The van der Waals surface area contributed by atoms with Gasteiger partial charge >= 0.3 is 17.6 Å². The molecule has 3 rings (SSSR count). The molecule has 0 aliphatic rings. The molecule has 0 atom stereocenters. The molecule has 25 heavy (non-hydrogen) atoms. The molecule has 0 aliphatic carbocycles. The Labute approximate surface area is 141 Å². The number of hydrogen-bond donors (Lipinski definition) is 1. The summed E-state index contributed by atoms with van der Waals surface area (Å²) in [7, 11) is 0. The molecule has 0 bridgehead atoms. The predicted molar refractivity (Wildman–Crippen MR) is 86.9 cm³/mol. The minimum atomic E-state index is -1.08. The summed E-state index contributed by atoms with van der Waals surface area (Å²) in [5.74, 6) is -2.68. The Morgan fingerprint density at radius 3 is 2.40 bits per heavy atom. The van der Waals surface area contributed by atoms with E-state index in [1.807, 2.05) is 0 Å². The molecular formula is C18H12O7. The fourth-order valence-corrected chi connectivity index (χ4v) is 2.22. The van der Waals surface area contributed by atoms with Gasteiger partial charge in [0.25, 0.3) is 5.75 Å². The highest BCUT2D eigenvalue weighted by atomic mass is 16.6. The first-order valence-electron chi connectivity index (χ1n) is 7.22. The van der Waals surface area contributed by atoms with E-state index in [4.69, 9.17) is 13.9 Å². The predicted octanol–water partition coefficient (Wildman–Crippen LogP) is 2.64. The van der Waals surface area contributed by atoms with Gasteiger partial charge in [0.15, 0.2) is 17.1 Å². The fourth-order valence-electron chi connectivity index (χ4n) is 2.22. The maximum absolute atomic E-state index is 12.1. The van der Waals surface area contributed by atoms with Crippen molar-refractivity contribution in [2.24, 2.45) is 0 Å². The smallest absolute Gasteiger partial charge is 0.383 e. The first kappa shape index (κ1) is 16.3. The van der Waals surface area contributed by atoms with Crippen LogP contribution in [0.1, 0.15) is 17.3 Å². The monoisotopic (exact) mass is 340 g/mol. The molecule has 0 saturated heterocycles. The molecule has 3 aromatic rings. The molecular weight excluding hydrogens is 328 g/mol. The average molecular weight is 340 g/mol.